The molecule has 11 heteroatoms. The van der Waals surface area contributed by atoms with Gasteiger partial charge in [0.1, 0.15) is 5.75 Å². The second kappa shape index (κ2) is 16.4. The van der Waals surface area contributed by atoms with E-state index in [1.807, 2.05) is 49.1 Å². The molecule has 10 nitrogen and oxygen atoms in total. The van der Waals surface area contributed by atoms with Crippen molar-refractivity contribution in [2.75, 3.05) is 39.8 Å². The van der Waals surface area contributed by atoms with E-state index in [4.69, 9.17) is 11.2 Å². The van der Waals surface area contributed by atoms with E-state index in [-0.39, 0.29) is 55.6 Å². The van der Waals surface area contributed by atoms with Crippen LogP contribution in [0.2, 0.25) is 0 Å². The van der Waals surface area contributed by atoms with Gasteiger partial charge in [-0.25, -0.2) is 13.4 Å². The average Bonchev–Trinajstić information content (AvgIpc) is 3.50. The molecule has 234 valence electrons. The Morgan fingerprint density at radius 2 is 1.72 bits per heavy atom. The zero-order chi connectivity index (χ0) is 31.4. The second-order valence-corrected chi connectivity index (χ2v) is 13.1. The number of nitrogens with one attached hydrogen (secondary N) is 1. The Morgan fingerprint density at radius 3 is 2.30 bits per heavy atom. The number of ether oxygens (including phenoxy) is 1. The van der Waals surface area contributed by atoms with Gasteiger partial charge in [-0.3, -0.25) is 19.9 Å². The lowest BCUT2D eigenvalue weighted by molar-refractivity contribution is -0.148. The van der Waals surface area contributed by atoms with Crippen molar-refractivity contribution < 1.29 is 27.9 Å². The van der Waals surface area contributed by atoms with E-state index in [2.05, 4.69) is 11.3 Å². The van der Waals surface area contributed by atoms with Crippen LogP contribution in [0.25, 0.3) is 0 Å². The number of carbonyl (C=O) groups excluding carboxylic acids is 2. The van der Waals surface area contributed by atoms with Crippen LogP contribution in [0.5, 0.6) is 5.75 Å². The first-order chi connectivity index (χ1) is 20.5. The van der Waals surface area contributed by atoms with E-state index in [1.54, 1.807) is 12.1 Å². The summed E-state index contributed by atoms with van der Waals surface area (Å²) in [4.78, 5) is 28.7. The summed E-state index contributed by atoms with van der Waals surface area (Å²) >= 11 is 0. The summed E-state index contributed by atoms with van der Waals surface area (Å²) in [6.07, 6.45) is 6.36. The van der Waals surface area contributed by atoms with Crippen LogP contribution < -0.4 is 10.2 Å². The van der Waals surface area contributed by atoms with Crippen molar-refractivity contribution in [3.05, 3.63) is 60.2 Å². The van der Waals surface area contributed by atoms with Gasteiger partial charge in [-0.1, -0.05) is 44.2 Å². The van der Waals surface area contributed by atoms with Gasteiger partial charge in [0.15, 0.2) is 0 Å². The smallest absolute Gasteiger partial charge is 0.252 e. The fourth-order valence-electron chi connectivity index (χ4n) is 5.10. The molecular weight excluding hydrogens is 568 g/mol. The molecule has 1 fully saturated rings. The number of aliphatic hydroxyl groups is 1. The van der Waals surface area contributed by atoms with Crippen molar-refractivity contribution in [1.82, 2.24) is 19.6 Å². The molecule has 1 heterocycles. The topological polar surface area (TPSA) is 119 Å². The number of likely N-dealkylation sites (tertiary alicyclic amines) is 1. The standard InChI is InChI=1S/C32H44N4O6S/c1-5-6-14-32(39)36(33-31(38)24-34-19-10-11-20-34)29(21-26-12-8-7-9-13-26)30(37)23-35(22-25(2)3)43(40,41)28-17-15-27(42-4)16-18-28/h1,7-9,12-13,15-18,25,29-30,37H,6,10-11,14,19-24H2,2-4H3,(H,33,38)/t29?,30-/m1/s1. The number of rotatable bonds is 15. The minimum absolute atomic E-state index is 0.0433. The number of amides is 2. The lowest BCUT2D eigenvalue weighted by Gasteiger charge is -2.37. The number of hydrogen-bond donors (Lipinski definition) is 2. The first-order valence-electron chi connectivity index (χ1n) is 14.7. The molecule has 1 aliphatic heterocycles. The molecule has 0 bridgehead atoms. The van der Waals surface area contributed by atoms with E-state index in [0.29, 0.717) is 5.75 Å². The van der Waals surface area contributed by atoms with E-state index in [1.165, 1.54) is 28.6 Å². The minimum atomic E-state index is -4.03. The predicted molar refractivity (Wildman–Crippen MR) is 165 cm³/mol. The molecule has 1 unspecified atom stereocenters. The molecule has 0 aromatic heterocycles. The molecule has 2 aromatic carbocycles. The minimum Gasteiger partial charge on any atom is -0.497 e. The van der Waals surface area contributed by atoms with Gasteiger partial charge in [0.2, 0.25) is 15.9 Å². The van der Waals surface area contributed by atoms with Crippen molar-refractivity contribution in [3.8, 4) is 18.1 Å². The number of hydrazine groups is 1. The fourth-order valence-corrected chi connectivity index (χ4v) is 6.72. The number of sulfonamides is 1. The van der Waals surface area contributed by atoms with Gasteiger partial charge in [-0.05, 0) is 68.1 Å². The maximum absolute atomic E-state index is 13.8. The van der Waals surface area contributed by atoms with Crippen LogP contribution in [0.15, 0.2) is 59.5 Å². The molecule has 1 saturated heterocycles. The zero-order valence-corrected chi connectivity index (χ0v) is 26.1. The van der Waals surface area contributed by atoms with Gasteiger partial charge in [0, 0.05) is 25.9 Å². The van der Waals surface area contributed by atoms with Crippen LogP contribution in [0.3, 0.4) is 0 Å². The molecule has 2 atom stereocenters. The highest BCUT2D eigenvalue weighted by atomic mass is 32.2. The monoisotopic (exact) mass is 612 g/mol. The Labute approximate surface area is 256 Å². The molecule has 43 heavy (non-hydrogen) atoms. The van der Waals surface area contributed by atoms with Crippen LogP contribution in [0.1, 0.15) is 45.1 Å². The number of terminal acetylenes is 1. The highest BCUT2D eigenvalue weighted by molar-refractivity contribution is 7.89. The SMILES string of the molecule is C#CCCC(=O)N(NC(=O)CN1CCCC1)C(Cc1ccccc1)[C@H](O)CN(CC(C)C)S(=O)(=O)c1ccc(OC)cc1. The van der Waals surface area contributed by atoms with Crippen molar-refractivity contribution >= 4 is 21.8 Å². The number of hydrogen-bond acceptors (Lipinski definition) is 7. The third-order valence-electron chi connectivity index (χ3n) is 7.28. The van der Waals surface area contributed by atoms with Crippen LogP contribution in [-0.4, -0.2) is 91.5 Å². The molecule has 0 saturated carbocycles. The van der Waals surface area contributed by atoms with E-state index < -0.39 is 28.1 Å². The lowest BCUT2D eigenvalue weighted by atomic mass is 9.99. The maximum atomic E-state index is 13.8. The number of methoxy groups -OCH3 is 1. The highest BCUT2D eigenvalue weighted by Gasteiger charge is 2.36. The Bertz CT molecular complexity index is 1320. The normalized spacial score (nSPS) is 15.2. The fraction of sp³-hybridized carbons (Fsp3) is 0.500. The number of aliphatic hydroxyl groups excluding tert-OH is 1. The van der Waals surface area contributed by atoms with Gasteiger partial charge in [0.25, 0.3) is 5.91 Å². The van der Waals surface area contributed by atoms with Gasteiger partial charge in [-0.15, -0.1) is 12.3 Å². The molecule has 0 radical (unpaired) electrons. The Kier molecular flexibility index (Phi) is 13.0. The largest absolute Gasteiger partial charge is 0.497 e. The van der Waals surface area contributed by atoms with Crippen LogP contribution in [-0.2, 0) is 26.0 Å². The summed E-state index contributed by atoms with van der Waals surface area (Å²) in [7, 11) is -2.53. The first-order valence-corrected chi connectivity index (χ1v) is 16.1. The molecule has 0 spiro atoms. The van der Waals surface area contributed by atoms with Crippen LogP contribution in [0, 0.1) is 18.3 Å². The Morgan fingerprint density at radius 1 is 1.07 bits per heavy atom. The first kappa shape index (κ1) is 34.1. The zero-order valence-electron chi connectivity index (χ0n) is 25.3. The van der Waals surface area contributed by atoms with E-state index >= 15 is 0 Å². The lowest BCUT2D eigenvalue weighted by Crippen LogP contribution is -2.60. The number of benzene rings is 2. The highest BCUT2D eigenvalue weighted by Crippen LogP contribution is 2.23. The number of nitrogens with zero attached hydrogens (tertiary/aromatic N) is 3. The van der Waals surface area contributed by atoms with Crippen molar-refractivity contribution in [2.24, 2.45) is 5.92 Å². The maximum Gasteiger partial charge on any atom is 0.252 e. The molecule has 2 amide bonds. The predicted octanol–water partition coefficient (Wildman–Crippen LogP) is 2.68. The number of carbonyl (C=O) groups is 2. The molecular formula is C32H44N4O6S. The summed E-state index contributed by atoms with van der Waals surface area (Å²) < 4.78 is 34.0. The van der Waals surface area contributed by atoms with Crippen molar-refractivity contribution in [2.45, 2.75) is 63.0 Å². The van der Waals surface area contributed by atoms with Crippen molar-refractivity contribution in [1.29, 1.82) is 0 Å². The van der Waals surface area contributed by atoms with Crippen LogP contribution in [0.4, 0.5) is 0 Å². The molecule has 1 aliphatic rings. The summed E-state index contributed by atoms with van der Waals surface area (Å²) in [5.41, 5.74) is 3.55. The molecule has 0 aliphatic carbocycles. The van der Waals surface area contributed by atoms with Gasteiger partial charge < -0.3 is 9.84 Å². The van der Waals surface area contributed by atoms with Gasteiger partial charge in [0.05, 0.1) is 30.7 Å². The third-order valence-corrected chi connectivity index (χ3v) is 9.13. The van der Waals surface area contributed by atoms with Gasteiger partial charge in [-0.2, -0.15) is 4.31 Å². The molecule has 2 N–H and O–H groups in total. The molecule has 2 aromatic rings. The Balaban J connectivity index is 1.96. The van der Waals surface area contributed by atoms with E-state index in [9.17, 15) is 23.1 Å². The third kappa shape index (κ3) is 10.1. The Hall–Kier alpha value is -3.43. The quantitative estimate of drug-likeness (QED) is 0.235. The van der Waals surface area contributed by atoms with E-state index in [0.717, 1.165) is 31.5 Å². The summed E-state index contributed by atoms with van der Waals surface area (Å²) in [5, 5.41) is 12.9. The van der Waals surface area contributed by atoms with Crippen LogP contribution >= 0.6 is 0 Å². The average molecular weight is 613 g/mol. The molecule has 3 rings (SSSR count). The summed E-state index contributed by atoms with van der Waals surface area (Å²) in [6.45, 7) is 5.31. The van der Waals surface area contributed by atoms with Crippen molar-refractivity contribution in [3.63, 3.8) is 0 Å². The summed E-state index contributed by atoms with van der Waals surface area (Å²) in [5.74, 6) is 2.08. The van der Waals surface area contributed by atoms with Gasteiger partial charge >= 0.3 is 0 Å². The summed E-state index contributed by atoms with van der Waals surface area (Å²) in [6, 6.07) is 14.3. The second-order valence-electron chi connectivity index (χ2n) is 11.2.